The van der Waals surface area contributed by atoms with E-state index in [-0.39, 0.29) is 0 Å². The highest BCUT2D eigenvalue weighted by Gasteiger charge is 2.23. The highest BCUT2D eigenvalue weighted by molar-refractivity contribution is 7.19. The Kier molecular flexibility index (Phi) is 4.40. The van der Waals surface area contributed by atoms with E-state index in [1.165, 1.54) is 9.75 Å². The maximum absolute atomic E-state index is 6.35. The van der Waals surface area contributed by atoms with Crippen LogP contribution in [-0.4, -0.2) is 0 Å². The van der Waals surface area contributed by atoms with Gasteiger partial charge >= 0.3 is 0 Å². The summed E-state index contributed by atoms with van der Waals surface area (Å²) >= 11 is 5.20. The highest BCUT2D eigenvalue weighted by Crippen LogP contribution is 2.49. The zero-order valence-electron chi connectivity index (χ0n) is 17.3. The molecule has 7 rings (SSSR count). The van der Waals surface area contributed by atoms with Crippen LogP contribution in [0, 0.1) is 0 Å². The van der Waals surface area contributed by atoms with E-state index >= 15 is 0 Å². The van der Waals surface area contributed by atoms with Crippen molar-refractivity contribution in [1.82, 2.24) is 0 Å². The number of para-hydroxylation sites is 2. The van der Waals surface area contributed by atoms with Crippen molar-refractivity contribution in [3.63, 3.8) is 0 Å². The smallest absolute Gasteiger partial charge is 0.154 e. The van der Waals surface area contributed by atoms with Gasteiger partial charge in [0.05, 0.1) is 9.75 Å². The molecule has 0 unspecified atom stereocenters. The molecule has 0 spiro atoms. The first-order valence-corrected chi connectivity index (χ1v) is 13.2. The van der Waals surface area contributed by atoms with Crippen LogP contribution in [0.1, 0.15) is 0 Å². The van der Waals surface area contributed by atoms with Gasteiger partial charge in [0.2, 0.25) is 0 Å². The topological polar surface area (TPSA) is 26.3 Å². The monoisotopic (exact) mass is 480 g/mol. The number of fused-ring (bicyclic) bond motifs is 2. The molecule has 158 valence electrons. The molecule has 0 saturated carbocycles. The van der Waals surface area contributed by atoms with Crippen molar-refractivity contribution in [2.75, 3.05) is 0 Å². The highest BCUT2D eigenvalue weighted by atomic mass is 32.1. The van der Waals surface area contributed by atoms with Crippen LogP contribution in [0.25, 0.3) is 64.1 Å². The maximum atomic E-state index is 6.35. The summed E-state index contributed by atoms with van der Waals surface area (Å²) < 4.78 is 12.7. The lowest BCUT2D eigenvalue weighted by atomic mass is 10.1. The first-order valence-electron chi connectivity index (χ1n) is 10.6. The van der Waals surface area contributed by atoms with E-state index in [0.29, 0.717) is 0 Å². The van der Waals surface area contributed by atoms with Crippen molar-refractivity contribution >= 4 is 55.9 Å². The second kappa shape index (κ2) is 7.59. The standard InChI is InChI=1S/C28H16O2S3/c1-3-9-19-17(7-1)25(27(29-19)23-11-5-15-31-23)21-13-14-22(33-21)26-18-8-2-4-10-20(18)30-28(26)24-12-6-16-32-24/h1-16H. The van der Waals surface area contributed by atoms with Gasteiger partial charge in [-0.05, 0) is 47.2 Å². The van der Waals surface area contributed by atoms with Crippen molar-refractivity contribution in [1.29, 1.82) is 0 Å². The van der Waals surface area contributed by atoms with Gasteiger partial charge in [0.25, 0.3) is 0 Å². The Morgan fingerprint density at radius 3 is 1.39 bits per heavy atom. The van der Waals surface area contributed by atoms with E-state index in [9.17, 15) is 0 Å². The van der Waals surface area contributed by atoms with E-state index in [0.717, 1.165) is 54.3 Å². The predicted octanol–water partition coefficient (Wildman–Crippen LogP) is 10.0. The first kappa shape index (κ1) is 19.1. The summed E-state index contributed by atoms with van der Waals surface area (Å²) in [6.45, 7) is 0. The quantitative estimate of drug-likeness (QED) is 0.250. The zero-order valence-corrected chi connectivity index (χ0v) is 19.7. The van der Waals surface area contributed by atoms with Gasteiger partial charge in [-0.25, -0.2) is 0 Å². The van der Waals surface area contributed by atoms with Crippen molar-refractivity contribution in [2.45, 2.75) is 0 Å². The summed E-state index contributed by atoms with van der Waals surface area (Å²) in [5.74, 6) is 1.88. The molecule has 0 atom stereocenters. The van der Waals surface area contributed by atoms with Crippen LogP contribution in [0.5, 0.6) is 0 Å². The fourth-order valence-corrected chi connectivity index (χ4v) is 6.89. The summed E-state index contributed by atoms with van der Waals surface area (Å²) in [7, 11) is 0. The van der Waals surface area contributed by atoms with Gasteiger partial charge in [-0.1, -0.05) is 48.5 Å². The molecule has 33 heavy (non-hydrogen) atoms. The largest absolute Gasteiger partial charge is 0.455 e. The van der Waals surface area contributed by atoms with Crippen LogP contribution in [0.4, 0.5) is 0 Å². The Hall–Kier alpha value is -3.38. The molecule has 0 aliphatic rings. The molecule has 0 amide bonds. The van der Waals surface area contributed by atoms with Crippen LogP contribution in [0.3, 0.4) is 0 Å². The molecule has 7 aromatic rings. The average Bonchev–Trinajstić information content (AvgIpc) is 3.66. The number of rotatable bonds is 4. The molecule has 0 aliphatic carbocycles. The van der Waals surface area contributed by atoms with Crippen LogP contribution < -0.4 is 0 Å². The zero-order chi connectivity index (χ0) is 21.8. The van der Waals surface area contributed by atoms with Crippen molar-refractivity contribution in [3.8, 4) is 42.2 Å². The Bertz CT molecular complexity index is 1580. The van der Waals surface area contributed by atoms with Crippen molar-refractivity contribution < 1.29 is 8.83 Å². The fourth-order valence-electron chi connectivity index (χ4n) is 4.35. The van der Waals surface area contributed by atoms with Crippen molar-refractivity contribution in [3.05, 3.63) is 95.7 Å². The Morgan fingerprint density at radius 1 is 0.455 bits per heavy atom. The molecule has 0 saturated heterocycles. The molecule has 5 heteroatoms. The third kappa shape index (κ3) is 3.04. The SMILES string of the molecule is c1csc(-c2oc3ccccc3c2-c2ccc(-c3c(-c4cccs4)oc4ccccc34)s2)c1. The van der Waals surface area contributed by atoms with E-state index in [1.54, 1.807) is 34.0 Å². The third-order valence-corrected chi connectivity index (χ3v) is 8.64. The Balaban J connectivity index is 1.46. The van der Waals surface area contributed by atoms with Crippen LogP contribution in [0.2, 0.25) is 0 Å². The number of thiophene rings is 3. The second-order valence-electron chi connectivity index (χ2n) is 7.72. The molecule has 0 radical (unpaired) electrons. The maximum Gasteiger partial charge on any atom is 0.154 e. The van der Waals surface area contributed by atoms with Crippen LogP contribution in [0.15, 0.2) is 105 Å². The molecular weight excluding hydrogens is 465 g/mol. The normalized spacial score (nSPS) is 11.6. The lowest BCUT2D eigenvalue weighted by molar-refractivity contribution is 0.634. The lowest BCUT2D eigenvalue weighted by Gasteiger charge is -2.00. The minimum atomic E-state index is 0.916. The molecule has 5 aromatic heterocycles. The minimum absolute atomic E-state index is 0.916. The summed E-state index contributed by atoms with van der Waals surface area (Å²) in [5.41, 5.74) is 4.15. The van der Waals surface area contributed by atoms with E-state index in [4.69, 9.17) is 8.83 Å². The van der Waals surface area contributed by atoms with Gasteiger partial charge in [0.1, 0.15) is 11.2 Å². The first-order chi connectivity index (χ1) is 16.4. The van der Waals surface area contributed by atoms with Gasteiger partial charge in [-0.15, -0.1) is 34.0 Å². The van der Waals surface area contributed by atoms with Crippen LogP contribution in [-0.2, 0) is 0 Å². The number of hydrogen-bond donors (Lipinski definition) is 0. The van der Waals surface area contributed by atoms with Gasteiger partial charge in [-0.2, -0.15) is 0 Å². The summed E-state index contributed by atoms with van der Waals surface area (Å²) in [5, 5.41) is 6.48. The second-order valence-corrected chi connectivity index (χ2v) is 10.7. The Labute approximate surface area is 202 Å². The minimum Gasteiger partial charge on any atom is -0.455 e. The third-order valence-electron chi connectivity index (χ3n) is 5.78. The predicted molar refractivity (Wildman–Crippen MR) is 141 cm³/mol. The average molecular weight is 481 g/mol. The molecule has 0 N–H and O–H groups in total. The van der Waals surface area contributed by atoms with E-state index < -0.39 is 0 Å². The summed E-state index contributed by atoms with van der Waals surface area (Å²) in [6.07, 6.45) is 0. The van der Waals surface area contributed by atoms with E-state index in [1.807, 2.05) is 24.3 Å². The summed E-state index contributed by atoms with van der Waals surface area (Å²) in [4.78, 5) is 4.68. The van der Waals surface area contributed by atoms with Crippen molar-refractivity contribution in [2.24, 2.45) is 0 Å². The molecule has 2 nitrogen and oxygen atoms in total. The molecule has 0 bridgehead atoms. The fraction of sp³-hybridized carbons (Fsp3) is 0. The number of hydrogen-bond acceptors (Lipinski definition) is 5. The molecule has 2 aromatic carbocycles. The van der Waals surface area contributed by atoms with Gasteiger partial charge in [0, 0.05) is 31.7 Å². The van der Waals surface area contributed by atoms with Gasteiger partial charge < -0.3 is 8.83 Å². The molecular formula is C28H16O2S3. The molecule has 0 fully saturated rings. The Morgan fingerprint density at radius 2 is 0.939 bits per heavy atom. The van der Waals surface area contributed by atoms with E-state index in [2.05, 4.69) is 71.4 Å². The number of furan rings is 2. The molecule has 0 aliphatic heterocycles. The number of benzene rings is 2. The van der Waals surface area contributed by atoms with Gasteiger partial charge in [0.15, 0.2) is 11.5 Å². The molecule has 5 heterocycles. The van der Waals surface area contributed by atoms with Crippen LogP contribution >= 0.6 is 34.0 Å². The van der Waals surface area contributed by atoms with Gasteiger partial charge in [-0.3, -0.25) is 0 Å². The summed E-state index contributed by atoms with van der Waals surface area (Å²) in [6, 6.07) is 29.4. The lowest BCUT2D eigenvalue weighted by Crippen LogP contribution is -1.75.